The number of aliphatic hydroxyl groups is 1. The van der Waals surface area contributed by atoms with E-state index in [-0.39, 0.29) is 43.7 Å². The van der Waals surface area contributed by atoms with Crippen molar-refractivity contribution in [3.63, 3.8) is 0 Å². The Morgan fingerprint density at radius 2 is 1.34 bits per heavy atom. The van der Waals surface area contributed by atoms with Gasteiger partial charge in [-0.3, -0.25) is 14.4 Å². The highest BCUT2D eigenvalue weighted by Gasteiger charge is 2.34. The van der Waals surface area contributed by atoms with E-state index in [0.29, 0.717) is 128 Å². The average molecular weight is 890 g/mol. The number of carboxylic acid groups (broad SMARTS) is 1. The number of nitrogens with two attached hydrogens (primary N) is 1. The molecule has 62 heavy (non-hydrogen) atoms. The lowest BCUT2D eigenvalue weighted by Gasteiger charge is -2.38. The molecule has 5 N–H and O–H groups in total. The number of rotatable bonds is 25. The molecule has 0 aliphatic carbocycles. The number of nitrogens with one attached hydrogen (secondary N) is 1. The van der Waals surface area contributed by atoms with Gasteiger partial charge in [-0.15, -0.1) is 29.0 Å². The van der Waals surface area contributed by atoms with Crippen LogP contribution in [0.2, 0.25) is 0 Å². The molecule has 5 rings (SSSR count). The highest BCUT2D eigenvalue weighted by atomic mass is 35.5. The quantitative estimate of drug-likeness (QED) is 0.0590. The second-order valence-electron chi connectivity index (χ2n) is 14.7. The van der Waals surface area contributed by atoms with E-state index in [1.54, 1.807) is 36.0 Å². The minimum atomic E-state index is -0.996. The highest BCUT2D eigenvalue weighted by molar-refractivity contribution is 5.85. The topological polar surface area (TPSA) is 270 Å². The molecule has 2 amide bonds. The van der Waals surface area contributed by atoms with Gasteiger partial charge in [-0.1, -0.05) is 16.3 Å². The van der Waals surface area contributed by atoms with E-state index in [2.05, 4.69) is 31.9 Å². The largest absolute Gasteiger partial charge is 0.481 e. The van der Waals surface area contributed by atoms with Crippen molar-refractivity contribution < 1.29 is 38.8 Å². The molecule has 0 radical (unpaired) electrons. The van der Waals surface area contributed by atoms with Crippen LogP contribution in [-0.2, 0) is 41.4 Å². The standard InChI is InChI=1S/C38H59N15O8.ClH/c1-4-20-59-22-24-61-25-23-60-21-11-40-36-41-37(50-16-12-48(13-17-50)34(57)28(2)52-26-31(45-46-52)8-9-32(55)56)43-38(42-36)51-18-14-49(15-19-51)35(58)33(29(3)54)53-27-30(44-47-53)7-5-6-10-39;/h1,26-29,33,54H,5-25,39H2,2-3H3,(H,55,56)(H,40,41,42,43);1H/t28-,29+,33-;/m0./s1. The van der Waals surface area contributed by atoms with Crippen LogP contribution in [0.25, 0.3) is 0 Å². The Labute approximate surface area is 367 Å². The van der Waals surface area contributed by atoms with Crippen LogP contribution >= 0.6 is 12.4 Å². The molecule has 342 valence electrons. The number of terminal acetylenes is 1. The van der Waals surface area contributed by atoms with E-state index in [1.165, 1.54) is 9.36 Å². The molecule has 0 spiro atoms. The zero-order valence-corrected chi connectivity index (χ0v) is 36.3. The van der Waals surface area contributed by atoms with Gasteiger partial charge in [0.15, 0.2) is 6.04 Å². The summed E-state index contributed by atoms with van der Waals surface area (Å²) in [5, 5.41) is 39.4. The number of halogens is 1. The smallest absolute Gasteiger partial charge is 0.303 e. The summed E-state index contributed by atoms with van der Waals surface area (Å²) in [7, 11) is 0. The van der Waals surface area contributed by atoms with Crippen molar-refractivity contribution in [2.45, 2.75) is 64.1 Å². The van der Waals surface area contributed by atoms with Crippen LogP contribution < -0.4 is 20.9 Å². The predicted octanol–water partition coefficient (Wildman–Crippen LogP) is -0.950. The van der Waals surface area contributed by atoms with Gasteiger partial charge in [-0.05, 0) is 39.7 Å². The van der Waals surface area contributed by atoms with Crippen molar-refractivity contribution in [3.05, 3.63) is 23.8 Å². The van der Waals surface area contributed by atoms with Crippen LogP contribution in [0, 0.1) is 12.3 Å². The molecule has 0 bridgehead atoms. The van der Waals surface area contributed by atoms with Gasteiger partial charge >= 0.3 is 5.97 Å². The van der Waals surface area contributed by atoms with Crippen LogP contribution in [0.5, 0.6) is 0 Å². The second kappa shape index (κ2) is 25.6. The molecule has 3 aromatic rings. The van der Waals surface area contributed by atoms with Gasteiger partial charge in [0.2, 0.25) is 29.7 Å². The van der Waals surface area contributed by atoms with Crippen LogP contribution in [0.1, 0.15) is 56.6 Å². The Bertz CT molecular complexity index is 1880. The van der Waals surface area contributed by atoms with Crippen molar-refractivity contribution >= 4 is 48.0 Å². The van der Waals surface area contributed by atoms with Gasteiger partial charge in [0.25, 0.3) is 0 Å². The summed E-state index contributed by atoms with van der Waals surface area (Å²) in [5.41, 5.74) is 6.87. The Morgan fingerprint density at radius 3 is 1.92 bits per heavy atom. The first kappa shape index (κ1) is 49.4. The Hall–Kier alpha value is -5.25. The van der Waals surface area contributed by atoms with Crippen molar-refractivity contribution in [1.82, 2.24) is 54.7 Å². The fourth-order valence-corrected chi connectivity index (χ4v) is 6.75. The number of piperazine rings is 2. The third-order valence-electron chi connectivity index (χ3n) is 10.2. The molecule has 2 aliphatic heterocycles. The Morgan fingerprint density at radius 1 is 0.790 bits per heavy atom. The summed E-state index contributed by atoms with van der Waals surface area (Å²) in [4.78, 5) is 60.1. The number of carbonyl (C=O) groups excluding carboxylic acids is 2. The van der Waals surface area contributed by atoms with E-state index in [4.69, 9.17) is 46.4 Å². The van der Waals surface area contributed by atoms with Crippen LogP contribution in [0.3, 0.4) is 0 Å². The first-order valence-corrected chi connectivity index (χ1v) is 20.7. The molecule has 0 unspecified atom stereocenters. The van der Waals surface area contributed by atoms with E-state index in [0.717, 1.165) is 18.5 Å². The number of carboxylic acids is 1. The lowest BCUT2D eigenvalue weighted by Crippen LogP contribution is -2.52. The monoisotopic (exact) mass is 889 g/mol. The molecule has 23 nitrogen and oxygen atoms in total. The number of aryl methyl sites for hydroxylation is 2. The van der Waals surface area contributed by atoms with Crippen LogP contribution in [-0.4, -0.2) is 194 Å². The number of carbonyl (C=O) groups is 3. The molecule has 2 saturated heterocycles. The highest BCUT2D eigenvalue weighted by Crippen LogP contribution is 2.23. The molecule has 3 atom stereocenters. The van der Waals surface area contributed by atoms with Crippen LogP contribution in [0.4, 0.5) is 17.8 Å². The van der Waals surface area contributed by atoms with Gasteiger partial charge < -0.3 is 55.1 Å². The molecular weight excluding hydrogens is 830 g/mol. The third-order valence-corrected chi connectivity index (χ3v) is 10.2. The summed E-state index contributed by atoms with van der Waals surface area (Å²) in [6, 6.07) is -1.55. The molecule has 2 fully saturated rings. The first-order valence-electron chi connectivity index (χ1n) is 20.7. The van der Waals surface area contributed by atoms with Crippen molar-refractivity contribution in [1.29, 1.82) is 0 Å². The zero-order chi connectivity index (χ0) is 43.6. The lowest BCUT2D eigenvalue weighted by molar-refractivity contribution is -0.139. The van der Waals surface area contributed by atoms with Crippen molar-refractivity contribution in [3.8, 4) is 12.3 Å². The van der Waals surface area contributed by atoms with Crippen molar-refractivity contribution in [2.24, 2.45) is 5.73 Å². The van der Waals surface area contributed by atoms with Gasteiger partial charge in [0.1, 0.15) is 12.6 Å². The molecule has 3 aromatic heterocycles. The van der Waals surface area contributed by atoms with E-state index >= 15 is 0 Å². The summed E-state index contributed by atoms with van der Waals surface area (Å²) < 4.78 is 19.3. The number of hydrogen-bond donors (Lipinski definition) is 4. The lowest BCUT2D eigenvalue weighted by atomic mass is 10.1. The number of aliphatic carboxylic acids is 1. The van der Waals surface area contributed by atoms with Crippen LogP contribution in [0.15, 0.2) is 12.4 Å². The average Bonchev–Trinajstić information content (AvgIpc) is 3.94. The molecule has 0 aromatic carbocycles. The number of aliphatic hydroxyl groups excluding tert-OH is 1. The third kappa shape index (κ3) is 14.7. The molecular formula is C38H60ClN15O8. The number of hydrogen-bond acceptors (Lipinski definition) is 18. The second-order valence-corrected chi connectivity index (χ2v) is 14.7. The fourth-order valence-electron chi connectivity index (χ4n) is 6.75. The normalized spacial score (nSPS) is 15.7. The SMILES string of the molecule is C#CCOCCOCCOCCNc1nc(N2CCN(C(=O)[C@H]([C@@H](C)O)n3cc(CCCCN)nn3)CC2)nc(N2CCN(C(=O)[C@H](C)n3cc(CCC(=O)O)nn3)CC2)n1.Cl. The van der Waals surface area contributed by atoms with E-state index in [1.807, 2.05) is 9.80 Å². The number of amides is 2. The maximum Gasteiger partial charge on any atom is 0.303 e. The fraction of sp³-hybridized carbons (Fsp3) is 0.684. The van der Waals surface area contributed by atoms with E-state index < -0.39 is 24.2 Å². The van der Waals surface area contributed by atoms with Crippen molar-refractivity contribution in [2.75, 3.05) is 120 Å². The number of unbranched alkanes of at least 4 members (excludes halogenated alkanes) is 1. The van der Waals surface area contributed by atoms with E-state index in [9.17, 15) is 19.5 Å². The summed E-state index contributed by atoms with van der Waals surface area (Å²) >= 11 is 0. The predicted molar refractivity (Wildman–Crippen MR) is 228 cm³/mol. The maximum atomic E-state index is 13.8. The minimum absolute atomic E-state index is 0. The van der Waals surface area contributed by atoms with Gasteiger partial charge in [-0.25, -0.2) is 9.36 Å². The maximum absolute atomic E-state index is 13.8. The summed E-state index contributed by atoms with van der Waals surface area (Å²) in [6.07, 6.45) is 10.1. The van der Waals surface area contributed by atoms with Gasteiger partial charge in [-0.2, -0.15) is 15.0 Å². The van der Waals surface area contributed by atoms with Gasteiger partial charge in [0, 0.05) is 77.7 Å². The Balaban J connectivity index is 0.00000845. The minimum Gasteiger partial charge on any atom is -0.481 e. The summed E-state index contributed by atoms with van der Waals surface area (Å²) in [6.45, 7) is 9.87. The molecule has 5 heterocycles. The number of nitrogens with zero attached hydrogens (tertiary/aromatic N) is 13. The zero-order valence-electron chi connectivity index (χ0n) is 35.5. The first-order chi connectivity index (χ1) is 29.6. The van der Waals surface area contributed by atoms with Gasteiger partial charge in [0.05, 0.1) is 56.9 Å². The molecule has 2 aliphatic rings. The molecule has 24 heteroatoms. The Kier molecular flexibility index (Phi) is 20.4. The number of ether oxygens (including phenoxy) is 3. The number of aromatic nitrogens is 9. The molecule has 0 saturated carbocycles. The number of anilines is 3. The summed E-state index contributed by atoms with van der Waals surface area (Å²) in [5.74, 6) is 2.32.